The first-order chi connectivity index (χ1) is 10.8. The topological polar surface area (TPSA) is 20.3 Å². The second kappa shape index (κ2) is 6.95. The minimum atomic E-state index is 0.128. The van der Waals surface area contributed by atoms with Gasteiger partial charge in [-0.1, -0.05) is 36.1 Å². The molecule has 0 spiro atoms. The molecule has 1 amide bonds. The first-order valence-electron chi connectivity index (χ1n) is 7.79. The van der Waals surface area contributed by atoms with Gasteiger partial charge in [0.15, 0.2) is 0 Å². The lowest BCUT2D eigenvalue weighted by Crippen LogP contribution is -2.35. The number of amides is 1. The molecule has 1 aliphatic rings. The van der Waals surface area contributed by atoms with Gasteiger partial charge in [-0.2, -0.15) is 0 Å². The number of nitrogens with zero attached hydrogens (tertiary/aromatic N) is 1. The molecule has 0 aromatic heterocycles. The van der Waals surface area contributed by atoms with E-state index >= 15 is 0 Å². The van der Waals surface area contributed by atoms with E-state index in [0.29, 0.717) is 0 Å². The van der Waals surface area contributed by atoms with Crippen LogP contribution in [0.3, 0.4) is 0 Å². The monoisotopic (exact) mass is 289 g/mol. The van der Waals surface area contributed by atoms with E-state index < -0.39 is 0 Å². The van der Waals surface area contributed by atoms with Crippen LogP contribution in [-0.4, -0.2) is 23.9 Å². The molecule has 1 fully saturated rings. The average molecular weight is 289 g/mol. The fourth-order valence-corrected chi connectivity index (χ4v) is 2.68. The Balaban J connectivity index is 1.78. The number of rotatable bonds is 1. The van der Waals surface area contributed by atoms with Gasteiger partial charge in [-0.25, -0.2) is 0 Å². The van der Waals surface area contributed by atoms with Crippen molar-refractivity contribution in [2.75, 3.05) is 13.1 Å². The van der Waals surface area contributed by atoms with Gasteiger partial charge in [0.05, 0.1) is 0 Å². The van der Waals surface area contributed by atoms with Gasteiger partial charge in [-0.15, -0.1) is 0 Å². The van der Waals surface area contributed by atoms with Crippen molar-refractivity contribution in [3.05, 3.63) is 71.3 Å². The summed E-state index contributed by atoms with van der Waals surface area (Å²) in [6, 6.07) is 17.5. The zero-order valence-electron chi connectivity index (χ0n) is 12.6. The lowest BCUT2D eigenvalue weighted by atomic mass is 10.1. The maximum Gasteiger partial charge on any atom is 0.253 e. The van der Waals surface area contributed by atoms with Gasteiger partial charge in [0.1, 0.15) is 0 Å². The molecule has 0 radical (unpaired) electrons. The highest BCUT2D eigenvalue weighted by atomic mass is 16.2. The second-order valence-electron chi connectivity index (χ2n) is 5.55. The number of hydrogen-bond acceptors (Lipinski definition) is 1. The van der Waals surface area contributed by atoms with Gasteiger partial charge < -0.3 is 4.90 Å². The number of likely N-dealkylation sites (tertiary alicyclic amines) is 1. The molecular weight excluding hydrogens is 270 g/mol. The Kier molecular flexibility index (Phi) is 4.56. The van der Waals surface area contributed by atoms with E-state index in [4.69, 9.17) is 0 Å². The SMILES string of the molecule is O=C(c1cccc(C#Cc2ccccc2)c1)N1CCCCC1. The molecule has 2 aromatic carbocycles. The van der Waals surface area contributed by atoms with Crippen LogP contribution in [0.1, 0.15) is 40.7 Å². The molecule has 2 nitrogen and oxygen atoms in total. The van der Waals surface area contributed by atoms with E-state index in [0.717, 1.165) is 42.6 Å². The summed E-state index contributed by atoms with van der Waals surface area (Å²) in [4.78, 5) is 14.5. The quantitative estimate of drug-likeness (QED) is 0.733. The third-order valence-corrected chi connectivity index (χ3v) is 3.88. The summed E-state index contributed by atoms with van der Waals surface area (Å²) in [5, 5.41) is 0. The maximum absolute atomic E-state index is 12.5. The number of piperidine rings is 1. The number of hydrogen-bond donors (Lipinski definition) is 0. The molecule has 2 aromatic rings. The minimum absolute atomic E-state index is 0.128. The molecule has 3 rings (SSSR count). The molecule has 0 bridgehead atoms. The molecule has 0 N–H and O–H groups in total. The van der Waals surface area contributed by atoms with Crippen LogP contribution in [0.2, 0.25) is 0 Å². The van der Waals surface area contributed by atoms with Crippen LogP contribution in [0.25, 0.3) is 0 Å². The summed E-state index contributed by atoms with van der Waals surface area (Å²) in [7, 11) is 0. The van der Waals surface area contributed by atoms with Gasteiger partial charge in [0, 0.05) is 29.8 Å². The molecule has 0 unspecified atom stereocenters. The Labute approximate surface area is 131 Å². The molecule has 0 aliphatic carbocycles. The minimum Gasteiger partial charge on any atom is -0.339 e. The molecule has 1 saturated heterocycles. The van der Waals surface area contributed by atoms with Crippen molar-refractivity contribution in [3.8, 4) is 11.8 Å². The molecule has 1 aliphatic heterocycles. The summed E-state index contributed by atoms with van der Waals surface area (Å²) in [6.07, 6.45) is 3.45. The van der Waals surface area contributed by atoms with Crippen molar-refractivity contribution in [3.63, 3.8) is 0 Å². The predicted octanol–water partition coefficient (Wildman–Crippen LogP) is 3.71. The summed E-state index contributed by atoms with van der Waals surface area (Å²) < 4.78 is 0. The van der Waals surface area contributed by atoms with Crippen LogP contribution in [0.4, 0.5) is 0 Å². The number of carbonyl (C=O) groups is 1. The summed E-state index contributed by atoms with van der Waals surface area (Å²) in [6.45, 7) is 1.75. The molecule has 2 heteroatoms. The summed E-state index contributed by atoms with van der Waals surface area (Å²) in [5.41, 5.74) is 2.60. The lowest BCUT2D eigenvalue weighted by molar-refractivity contribution is 0.0724. The van der Waals surface area contributed by atoms with Crippen molar-refractivity contribution in [2.24, 2.45) is 0 Å². The Morgan fingerprint density at radius 2 is 1.50 bits per heavy atom. The first kappa shape index (κ1) is 14.4. The Morgan fingerprint density at radius 1 is 0.818 bits per heavy atom. The highest BCUT2D eigenvalue weighted by molar-refractivity contribution is 5.94. The predicted molar refractivity (Wildman–Crippen MR) is 88.6 cm³/mol. The zero-order valence-corrected chi connectivity index (χ0v) is 12.6. The normalized spacial score (nSPS) is 14.1. The Morgan fingerprint density at radius 3 is 2.27 bits per heavy atom. The van der Waals surface area contributed by atoms with Gasteiger partial charge in [-0.3, -0.25) is 4.79 Å². The standard InChI is InChI=1S/C20H19NO/c22-20(21-14-5-2-6-15-21)19-11-7-10-18(16-19)13-12-17-8-3-1-4-9-17/h1,3-4,7-11,16H,2,5-6,14-15H2. The van der Waals surface area contributed by atoms with Crippen molar-refractivity contribution >= 4 is 5.91 Å². The van der Waals surface area contributed by atoms with Crippen LogP contribution >= 0.6 is 0 Å². The maximum atomic E-state index is 12.5. The molecule has 1 heterocycles. The van der Waals surface area contributed by atoms with Crippen molar-refractivity contribution in [1.29, 1.82) is 0 Å². The average Bonchev–Trinajstić information content (AvgIpc) is 2.61. The molecule has 0 atom stereocenters. The third kappa shape index (κ3) is 3.56. The van der Waals surface area contributed by atoms with Gasteiger partial charge in [0.25, 0.3) is 5.91 Å². The fourth-order valence-electron chi connectivity index (χ4n) is 2.68. The van der Waals surface area contributed by atoms with E-state index in [9.17, 15) is 4.79 Å². The Hall–Kier alpha value is -2.53. The third-order valence-electron chi connectivity index (χ3n) is 3.88. The highest BCUT2D eigenvalue weighted by Crippen LogP contribution is 2.14. The van der Waals surface area contributed by atoms with Crippen molar-refractivity contribution < 1.29 is 4.79 Å². The first-order valence-corrected chi connectivity index (χ1v) is 7.79. The van der Waals surface area contributed by atoms with Crippen LogP contribution in [0.15, 0.2) is 54.6 Å². The van der Waals surface area contributed by atoms with Crippen LogP contribution < -0.4 is 0 Å². The molecular formula is C20H19NO. The Bertz CT molecular complexity index is 703. The smallest absolute Gasteiger partial charge is 0.253 e. The van der Waals surface area contributed by atoms with E-state index in [1.165, 1.54) is 6.42 Å². The zero-order chi connectivity index (χ0) is 15.2. The fraction of sp³-hybridized carbons (Fsp3) is 0.250. The molecule has 110 valence electrons. The highest BCUT2D eigenvalue weighted by Gasteiger charge is 2.17. The summed E-state index contributed by atoms with van der Waals surface area (Å²) in [5.74, 6) is 6.40. The van der Waals surface area contributed by atoms with Crippen LogP contribution in [0, 0.1) is 11.8 Å². The molecule has 0 saturated carbocycles. The van der Waals surface area contributed by atoms with E-state index in [1.807, 2.05) is 59.5 Å². The van der Waals surface area contributed by atoms with Crippen molar-refractivity contribution in [2.45, 2.75) is 19.3 Å². The number of carbonyl (C=O) groups excluding carboxylic acids is 1. The lowest BCUT2D eigenvalue weighted by Gasteiger charge is -2.26. The largest absolute Gasteiger partial charge is 0.339 e. The van der Waals surface area contributed by atoms with Gasteiger partial charge >= 0.3 is 0 Å². The van der Waals surface area contributed by atoms with Crippen LogP contribution in [-0.2, 0) is 0 Å². The van der Waals surface area contributed by atoms with Crippen LogP contribution in [0.5, 0.6) is 0 Å². The number of benzene rings is 2. The van der Waals surface area contributed by atoms with Crippen molar-refractivity contribution in [1.82, 2.24) is 4.90 Å². The van der Waals surface area contributed by atoms with E-state index in [1.54, 1.807) is 0 Å². The molecule has 22 heavy (non-hydrogen) atoms. The summed E-state index contributed by atoms with van der Waals surface area (Å²) >= 11 is 0. The van der Waals surface area contributed by atoms with E-state index in [-0.39, 0.29) is 5.91 Å². The second-order valence-corrected chi connectivity index (χ2v) is 5.55. The van der Waals surface area contributed by atoms with Gasteiger partial charge in [0.2, 0.25) is 0 Å². The van der Waals surface area contributed by atoms with Gasteiger partial charge in [-0.05, 0) is 49.6 Å². The van der Waals surface area contributed by atoms with E-state index in [2.05, 4.69) is 11.8 Å².